The first-order chi connectivity index (χ1) is 8.30. The van der Waals surface area contributed by atoms with E-state index >= 15 is 0 Å². The minimum Gasteiger partial charge on any atom is -0.480 e. The molecule has 0 aliphatic heterocycles. The third kappa shape index (κ3) is 4.08. The van der Waals surface area contributed by atoms with Gasteiger partial charge in [-0.25, -0.2) is 9.59 Å². The molecule has 1 aromatic carbocycles. The SMILES string of the molecule is CC(C)(C)[C@@H](NC(=O)Nc1ccccc1)C(=O)O. The van der Waals surface area contributed by atoms with Gasteiger partial charge in [0, 0.05) is 5.69 Å². The highest BCUT2D eigenvalue weighted by Crippen LogP contribution is 2.19. The maximum absolute atomic E-state index is 11.7. The third-order valence-corrected chi connectivity index (χ3v) is 2.42. The van der Waals surface area contributed by atoms with E-state index in [9.17, 15) is 9.59 Å². The van der Waals surface area contributed by atoms with Crippen molar-refractivity contribution in [2.45, 2.75) is 26.8 Å². The van der Waals surface area contributed by atoms with Crippen LogP contribution in [0.15, 0.2) is 30.3 Å². The summed E-state index contributed by atoms with van der Waals surface area (Å²) in [5.41, 5.74) is 0.0629. The summed E-state index contributed by atoms with van der Waals surface area (Å²) in [6.45, 7) is 5.28. The molecule has 18 heavy (non-hydrogen) atoms. The predicted molar refractivity (Wildman–Crippen MR) is 69.5 cm³/mol. The fourth-order valence-corrected chi connectivity index (χ4v) is 1.47. The Bertz CT molecular complexity index is 424. The first-order valence-electron chi connectivity index (χ1n) is 5.66. The lowest BCUT2D eigenvalue weighted by Gasteiger charge is -2.27. The topological polar surface area (TPSA) is 78.4 Å². The van der Waals surface area contributed by atoms with E-state index in [1.807, 2.05) is 6.07 Å². The highest BCUT2D eigenvalue weighted by Gasteiger charge is 2.32. The molecule has 98 valence electrons. The van der Waals surface area contributed by atoms with E-state index in [0.29, 0.717) is 5.69 Å². The van der Waals surface area contributed by atoms with Crippen LogP contribution >= 0.6 is 0 Å². The number of carbonyl (C=O) groups is 2. The Morgan fingerprint density at radius 2 is 1.72 bits per heavy atom. The van der Waals surface area contributed by atoms with Crippen LogP contribution < -0.4 is 10.6 Å². The summed E-state index contributed by atoms with van der Waals surface area (Å²) in [5, 5.41) is 14.1. The quantitative estimate of drug-likeness (QED) is 0.770. The van der Waals surface area contributed by atoms with Gasteiger partial charge >= 0.3 is 12.0 Å². The standard InChI is InChI=1S/C13H18N2O3/c1-13(2,3)10(11(16)17)15-12(18)14-9-7-5-4-6-8-9/h4-8,10H,1-3H3,(H,16,17)(H2,14,15,18)/t10-/m0/s1. The lowest BCUT2D eigenvalue weighted by molar-refractivity contribution is -0.141. The molecule has 1 rings (SSSR count). The van der Waals surface area contributed by atoms with Gasteiger partial charge in [-0.2, -0.15) is 0 Å². The molecule has 0 aliphatic rings. The number of carboxylic acids is 1. The number of amides is 2. The fourth-order valence-electron chi connectivity index (χ4n) is 1.47. The van der Waals surface area contributed by atoms with Crippen LogP contribution in [0, 0.1) is 5.41 Å². The van der Waals surface area contributed by atoms with Gasteiger partial charge < -0.3 is 15.7 Å². The highest BCUT2D eigenvalue weighted by atomic mass is 16.4. The van der Waals surface area contributed by atoms with Crippen molar-refractivity contribution >= 4 is 17.7 Å². The number of carbonyl (C=O) groups excluding carboxylic acids is 1. The van der Waals surface area contributed by atoms with E-state index in [4.69, 9.17) is 5.11 Å². The van der Waals surface area contributed by atoms with E-state index in [2.05, 4.69) is 10.6 Å². The summed E-state index contributed by atoms with van der Waals surface area (Å²) < 4.78 is 0. The third-order valence-electron chi connectivity index (χ3n) is 2.42. The number of carboxylic acid groups (broad SMARTS) is 1. The minimum atomic E-state index is -1.05. The Morgan fingerprint density at radius 3 is 2.17 bits per heavy atom. The van der Waals surface area contributed by atoms with Crippen LogP contribution in [0.4, 0.5) is 10.5 Å². The monoisotopic (exact) mass is 250 g/mol. The lowest BCUT2D eigenvalue weighted by Crippen LogP contribution is -2.50. The zero-order valence-electron chi connectivity index (χ0n) is 10.7. The van der Waals surface area contributed by atoms with Crippen LogP contribution in [0.3, 0.4) is 0 Å². The van der Waals surface area contributed by atoms with E-state index in [-0.39, 0.29) is 0 Å². The number of benzene rings is 1. The van der Waals surface area contributed by atoms with Gasteiger partial charge in [0.15, 0.2) is 0 Å². The molecule has 0 aromatic heterocycles. The molecule has 5 nitrogen and oxygen atoms in total. The first-order valence-corrected chi connectivity index (χ1v) is 5.66. The number of rotatable bonds is 3. The summed E-state index contributed by atoms with van der Waals surface area (Å²) in [5.74, 6) is -1.05. The summed E-state index contributed by atoms with van der Waals surface area (Å²) >= 11 is 0. The summed E-state index contributed by atoms with van der Waals surface area (Å²) in [7, 11) is 0. The van der Waals surface area contributed by atoms with Gasteiger partial charge in [-0.3, -0.25) is 0 Å². The Hall–Kier alpha value is -2.04. The molecule has 0 radical (unpaired) electrons. The molecule has 1 aromatic rings. The van der Waals surface area contributed by atoms with Crippen molar-refractivity contribution in [2.24, 2.45) is 5.41 Å². The molecule has 0 saturated carbocycles. The van der Waals surface area contributed by atoms with Crippen LogP contribution in [-0.2, 0) is 4.79 Å². The maximum atomic E-state index is 11.7. The van der Waals surface area contributed by atoms with E-state index in [1.54, 1.807) is 45.0 Å². The molecule has 0 bridgehead atoms. The van der Waals surface area contributed by atoms with Gasteiger partial charge in [0.25, 0.3) is 0 Å². The van der Waals surface area contributed by atoms with Crippen LogP contribution in [0.5, 0.6) is 0 Å². The number of para-hydroxylation sites is 1. The average Bonchev–Trinajstić information content (AvgIpc) is 2.25. The Morgan fingerprint density at radius 1 is 1.17 bits per heavy atom. The summed E-state index contributed by atoms with van der Waals surface area (Å²) in [6, 6.07) is 7.39. The number of hydrogen-bond acceptors (Lipinski definition) is 2. The van der Waals surface area contributed by atoms with Gasteiger partial charge in [0.1, 0.15) is 6.04 Å². The number of nitrogens with one attached hydrogen (secondary N) is 2. The largest absolute Gasteiger partial charge is 0.480 e. The van der Waals surface area contributed by atoms with Crippen molar-refractivity contribution in [1.82, 2.24) is 5.32 Å². The molecule has 1 atom stereocenters. The Balaban J connectivity index is 2.66. The molecule has 0 aliphatic carbocycles. The second-order valence-electron chi connectivity index (χ2n) is 5.10. The molecule has 0 fully saturated rings. The zero-order valence-corrected chi connectivity index (χ0v) is 10.7. The van der Waals surface area contributed by atoms with Gasteiger partial charge in [0.2, 0.25) is 0 Å². The van der Waals surface area contributed by atoms with Crippen molar-refractivity contribution in [3.05, 3.63) is 30.3 Å². The number of urea groups is 1. The number of aliphatic carboxylic acids is 1. The average molecular weight is 250 g/mol. The van der Waals surface area contributed by atoms with Gasteiger partial charge in [-0.15, -0.1) is 0 Å². The fraction of sp³-hybridized carbons (Fsp3) is 0.385. The Kier molecular flexibility index (Phi) is 4.31. The molecule has 0 heterocycles. The molecular formula is C13H18N2O3. The smallest absolute Gasteiger partial charge is 0.326 e. The molecule has 0 saturated heterocycles. The predicted octanol–water partition coefficient (Wildman–Crippen LogP) is 2.31. The molecule has 0 spiro atoms. The van der Waals surface area contributed by atoms with Crippen molar-refractivity contribution < 1.29 is 14.7 Å². The van der Waals surface area contributed by atoms with Crippen molar-refractivity contribution in [3.63, 3.8) is 0 Å². The van der Waals surface area contributed by atoms with Crippen LogP contribution in [0.2, 0.25) is 0 Å². The van der Waals surface area contributed by atoms with Crippen molar-refractivity contribution in [2.75, 3.05) is 5.32 Å². The van der Waals surface area contributed by atoms with Gasteiger partial charge in [0.05, 0.1) is 0 Å². The number of hydrogen-bond donors (Lipinski definition) is 3. The van der Waals surface area contributed by atoms with Crippen molar-refractivity contribution in [3.8, 4) is 0 Å². The van der Waals surface area contributed by atoms with Gasteiger partial charge in [-0.05, 0) is 17.5 Å². The number of anilines is 1. The van der Waals surface area contributed by atoms with Crippen LogP contribution in [0.1, 0.15) is 20.8 Å². The first kappa shape index (κ1) is 14.0. The second-order valence-corrected chi connectivity index (χ2v) is 5.10. The summed E-state index contributed by atoms with van der Waals surface area (Å²) in [6.07, 6.45) is 0. The normalized spacial score (nSPS) is 12.6. The van der Waals surface area contributed by atoms with Crippen molar-refractivity contribution in [1.29, 1.82) is 0 Å². The Labute approximate surface area is 106 Å². The van der Waals surface area contributed by atoms with Crippen LogP contribution in [-0.4, -0.2) is 23.1 Å². The molecular weight excluding hydrogens is 232 g/mol. The van der Waals surface area contributed by atoms with E-state index in [1.165, 1.54) is 0 Å². The minimum absolute atomic E-state index is 0.525. The second kappa shape index (κ2) is 5.53. The summed E-state index contributed by atoms with van der Waals surface area (Å²) in [4.78, 5) is 22.8. The lowest BCUT2D eigenvalue weighted by atomic mass is 9.87. The zero-order chi connectivity index (χ0) is 13.8. The van der Waals surface area contributed by atoms with Crippen LogP contribution in [0.25, 0.3) is 0 Å². The van der Waals surface area contributed by atoms with E-state index < -0.39 is 23.5 Å². The molecule has 0 unspecified atom stereocenters. The molecule has 2 amide bonds. The van der Waals surface area contributed by atoms with E-state index in [0.717, 1.165) is 0 Å². The highest BCUT2D eigenvalue weighted by molar-refractivity contribution is 5.92. The van der Waals surface area contributed by atoms with Gasteiger partial charge in [-0.1, -0.05) is 39.0 Å². The maximum Gasteiger partial charge on any atom is 0.326 e. The molecule has 5 heteroatoms. The molecule has 3 N–H and O–H groups in total.